The number of carbonyl (C=O) groups is 1. The van der Waals surface area contributed by atoms with Crippen molar-refractivity contribution in [1.82, 2.24) is 0 Å². The highest BCUT2D eigenvalue weighted by atomic mass is 79.9. The predicted octanol–water partition coefficient (Wildman–Crippen LogP) is 3.70. The largest absolute Gasteiger partial charge is 0.327 e. The molecule has 0 saturated heterocycles. The Morgan fingerprint density at radius 3 is 2.84 bits per heavy atom. The molecule has 1 aliphatic rings. The number of rotatable bonds is 2. The van der Waals surface area contributed by atoms with E-state index in [1.165, 1.54) is 12.1 Å². The highest BCUT2D eigenvalue weighted by Crippen LogP contribution is 2.39. The molecule has 19 heavy (non-hydrogen) atoms. The Labute approximate surface area is 124 Å². The van der Waals surface area contributed by atoms with Gasteiger partial charge in [-0.2, -0.15) is 0 Å². The molecule has 0 spiro atoms. The summed E-state index contributed by atoms with van der Waals surface area (Å²) in [5.41, 5.74) is 5.79. The van der Waals surface area contributed by atoms with Crippen LogP contribution in [0.4, 0.5) is 10.1 Å². The Kier molecular flexibility index (Phi) is 4.18. The maximum absolute atomic E-state index is 13.1. The van der Waals surface area contributed by atoms with Gasteiger partial charge in [0.05, 0.1) is 16.1 Å². The summed E-state index contributed by atoms with van der Waals surface area (Å²) in [5.74, 6) is -0.634. The van der Waals surface area contributed by atoms with Gasteiger partial charge in [-0.1, -0.05) is 18.0 Å². The van der Waals surface area contributed by atoms with Gasteiger partial charge in [0, 0.05) is 10.5 Å². The molecule has 0 radical (unpaired) electrons. The van der Waals surface area contributed by atoms with Crippen molar-refractivity contribution in [3.05, 3.63) is 27.4 Å². The van der Waals surface area contributed by atoms with E-state index in [2.05, 4.69) is 21.2 Å². The maximum atomic E-state index is 13.1. The third kappa shape index (κ3) is 2.78. The molecule has 3 N–H and O–H groups in total. The third-order valence-corrected chi connectivity index (χ3v) is 4.72. The fraction of sp³-hybridized carbons (Fsp3) is 0.462. The molecule has 1 aromatic rings. The SMILES string of the molecule is CC1(C(=O)Nc2c(Cl)cc(F)cc2Br)CCCC1N. The van der Waals surface area contributed by atoms with E-state index in [0.29, 0.717) is 10.2 Å². The highest BCUT2D eigenvalue weighted by Gasteiger charge is 2.43. The second-order valence-electron chi connectivity index (χ2n) is 5.11. The molecule has 1 aliphatic carbocycles. The Hall–Kier alpha value is -0.650. The smallest absolute Gasteiger partial charge is 0.231 e. The molecule has 0 aliphatic heterocycles. The maximum Gasteiger partial charge on any atom is 0.231 e. The quantitative estimate of drug-likeness (QED) is 0.855. The molecule has 1 aromatic carbocycles. The first kappa shape index (κ1) is 14.8. The van der Waals surface area contributed by atoms with Gasteiger partial charge in [-0.15, -0.1) is 0 Å². The van der Waals surface area contributed by atoms with Crippen molar-refractivity contribution in [3.63, 3.8) is 0 Å². The van der Waals surface area contributed by atoms with Crippen molar-refractivity contribution in [2.75, 3.05) is 5.32 Å². The first-order valence-electron chi connectivity index (χ1n) is 6.06. The number of carbonyl (C=O) groups excluding carboxylic acids is 1. The first-order chi connectivity index (χ1) is 8.84. The zero-order valence-corrected chi connectivity index (χ0v) is 12.8. The molecule has 0 bridgehead atoms. The molecule has 1 saturated carbocycles. The van der Waals surface area contributed by atoms with E-state index in [0.717, 1.165) is 19.3 Å². The Morgan fingerprint density at radius 2 is 2.32 bits per heavy atom. The summed E-state index contributed by atoms with van der Waals surface area (Å²) in [6.07, 6.45) is 2.52. The van der Waals surface area contributed by atoms with Crippen molar-refractivity contribution < 1.29 is 9.18 Å². The van der Waals surface area contributed by atoms with Gasteiger partial charge in [0.15, 0.2) is 0 Å². The number of nitrogens with one attached hydrogen (secondary N) is 1. The molecule has 2 unspecified atom stereocenters. The van der Waals surface area contributed by atoms with Gasteiger partial charge in [-0.05, 0) is 47.8 Å². The van der Waals surface area contributed by atoms with Crippen molar-refractivity contribution in [1.29, 1.82) is 0 Å². The van der Waals surface area contributed by atoms with Gasteiger partial charge in [0.25, 0.3) is 0 Å². The van der Waals surface area contributed by atoms with Crippen molar-refractivity contribution in [2.24, 2.45) is 11.1 Å². The van der Waals surface area contributed by atoms with Gasteiger partial charge in [0.1, 0.15) is 5.82 Å². The fourth-order valence-electron chi connectivity index (χ4n) is 2.39. The van der Waals surface area contributed by atoms with Crippen LogP contribution in [0, 0.1) is 11.2 Å². The van der Waals surface area contributed by atoms with Crippen molar-refractivity contribution in [3.8, 4) is 0 Å². The lowest BCUT2D eigenvalue weighted by atomic mass is 9.84. The van der Waals surface area contributed by atoms with Crippen LogP contribution in [-0.4, -0.2) is 11.9 Å². The van der Waals surface area contributed by atoms with E-state index in [1.54, 1.807) is 0 Å². The molecule has 1 fully saturated rings. The van der Waals surface area contributed by atoms with Crippen LogP contribution in [0.3, 0.4) is 0 Å². The molecule has 3 nitrogen and oxygen atoms in total. The van der Waals surface area contributed by atoms with Crippen LogP contribution in [0.15, 0.2) is 16.6 Å². The van der Waals surface area contributed by atoms with E-state index in [1.807, 2.05) is 6.92 Å². The highest BCUT2D eigenvalue weighted by molar-refractivity contribution is 9.10. The standard InChI is InChI=1S/C13H15BrClFN2O/c1-13(4-2-3-10(13)17)12(19)18-11-8(14)5-7(16)6-9(11)15/h5-6,10H,2-4,17H2,1H3,(H,18,19). The molecule has 0 aromatic heterocycles. The Bertz CT molecular complexity index is 502. The Balaban J connectivity index is 2.25. The van der Waals surface area contributed by atoms with E-state index < -0.39 is 11.2 Å². The van der Waals surface area contributed by atoms with Crippen LogP contribution >= 0.6 is 27.5 Å². The average Bonchev–Trinajstić information content (AvgIpc) is 2.65. The molecule has 1 amide bonds. The zero-order valence-electron chi connectivity index (χ0n) is 10.5. The van der Waals surface area contributed by atoms with E-state index in [-0.39, 0.29) is 17.0 Å². The zero-order chi connectivity index (χ0) is 14.2. The molecular weight excluding hydrogens is 335 g/mol. The van der Waals surface area contributed by atoms with Crippen LogP contribution in [0.5, 0.6) is 0 Å². The molecule has 6 heteroatoms. The van der Waals surface area contributed by atoms with E-state index >= 15 is 0 Å². The molecule has 2 rings (SSSR count). The molecule has 104 valence electrons. The lowest BCUT2D eigenvalue weighted by molar-refractivity contribution is -0.125. The van der Waals surface area contributed by atoms with Gasteiger partial charge < -0.3 is 11.1 Å². The number of anilines is 1. The van der Waals surface area contributed by atoms with Gasteiger partial charge in [-0.25, -0.2) is 4.39 Å². The van der Waals surface area contributed by atoms with Crippen molar-refractivity contribution >= 4 is 39.1 Å². The van der Waals surface area contributed by atoms with Crippen molar-refractivity contribution in [2.45, 2.75) is 32.2 Å². The van der Waals surface area contributed by atoms with Gasteiger partial charge in [0.2, 0.25) is 5.91 Å². The normalized spacial score (nSPS) is 26.5. The van der Waals surface area contributed by atoms with Gasteiger partial charge >= 0.3 is 0 Å². The van der Waals surface area contributed by atoms with Crippen LogP contribution in [-0.2, 0) is 4.79 Å². The topological polar surface area (TPSA) is 55.1 Å². The second kappa shape index (κ2) is 5.38. The minimum Gasteiger partial charge on any atom is -0.327 e. The summed E-state index contributed by atoms with van der Waals surface area (Å²) >= 11 is 9.15. The number of amides is 1. The van der Waals surface area contributed by atoms with Crippen LogP contribution in [0.2, 0.25) is 5.02 Å². The number of hydrogen-bond donors (Lipinski definition) is 2. The van der Waals surface area contributed by atoms with E-state index in [9.17, 15) is 9.18 Å². The third-order valence-electron chi connectivity index (χ3n) is 3.79. The molecule has 2 atom stereocenters. The minimum absolute atomic E-state index is 0.162. The van der Waals surface area contributed by atoms with Crippen LogP contribution in [0.25, 0.3) is 0 Å². The minimum atomic E-state index is -0.600. The monoisotopic (exact) mass is 348 g/mol. The lowest BCUT2D eigenvalue weighted by Gasteiger charge is -2.28. The summed E-state index contributed by atoms with van der Waals surface area (Å²) < 4.78 is 13.6. The van der Waals surface area contributed by atoms with Gasteiger partial charge in [-0.3, -0.25) is 4.79 Å². The van der Waals surface area contributed by atoms with Crippen LogP contribution in [0.1, 0.15) is 26.2 Å². The predicted molar refractivity (Wildman–Crippen MR) is 77.7 cm³/mol. The summed E-state index contributed by atoms with van der Waals surface area (Å²) in [6, 6.07) is 2.27. The molecule has 0 heterocycles. The molecular formula is C13H15BrClFN2O. The lowest BCUT2D eigenvalue weighted by Crippen LogP contribution is -2.44. The first-order valence-corrected chi connectivity index (χ1v) is 7.23. The van der Waals surface area contributed by atoms with E-state index in [4.69, 9.17) is 17.3 Å². The summed E-state index contributed by atoms with van der Waals surface area (Å²) in [4.78, 5) is 12.4. The number of hydrogen-bond acceptors (Lipinski definition) is 2. The number of nitrogens with two attached hydrogens (primary N) is 1. The number of benzene rings is 1. The average molecular weight is 350 g/mol. The fourth-order valence-corrected chi connectivity index (χ4v) is 3.29. The summed E-state index contributed by atoms with van der Waals surface area (Å²) in [7, 11) is 0. The Morgan fingerprint density at radius 1 is 1.63 bits per heavy atom. The number of halogens is 3. The summed E-state index contributed by atoms with van der Waals surface area (Å²) in [5, 5.41) is 2.92. The summed E-state index contributed by atoms with van der Waals surface area (Å²) in [6.45, 7) is 1.85. The second-order valence-corrected chi connectivity index (χ2v) is 6.38. The van der Waals surface area contributed by atoms with Crippen LogP contribution < -0.4 is 11.1 Å².